The SMILES string of the molecule is CCCCCCCCCCN1CC[C@H](NC(C)C)C1. The summed E-state index contributed by atoms with van der Waals surface area (Å²) in [7, 11) is 0. The van der Waals surface area contributed by atoms with Crippen molar-refractivity contribution in [3.05, 3.63) is 0 Å². The fraction of sp³-hybridized carbons (Fsp3) is 1.00. The second-order valence-corrected chi connectivity index (χ2v) is 6.58. The normalized spacial score (nSPS) is 20.5. The van der Waals surface area contributed by atoms with Crippen molar-refractivity contribution >= 4 is 0 Å². The van der Waals surface area contributed by atoms with Crippen molar-refractivity contribution in [3.8, 4) is 0 Å². The smallest absolute Gasteiger partial charge is 0.0209 e. The third-order valence-corrected chi connectivity index (χ3v) is 4.17. The largest absolute Gasteiger partial charge is 0.310 e. The second-order valence-electron chi connectivity index (χ2n) is 6.58. The Morgan fingerprint density at radius 2 is 1.63 bits per heavy atom. The van der Waals surface area contributed by atoms with E-state index >= 15 is 0 Å². The topological polar surface area (TPSA) is 15.3 Å². The molecule has 0 saturated carbocycles. The summed E-state index contributed by atoms with van der Waals surface area (Å²) in [5.41, 5.74) is 0. The van der Waals surface area contributed by atoms with E-state index in [0.717, 1.165) is 6.04 Å². The third-order valence-electron chi connectivity index (χ3n) is 4.17. The van der Waals surface area contributed by atoms with Crippen LogP contribution in [0, 0.1) is 0 Å². The molecule has 1 atom stereocenters. The van der Waals surface area contributed by atoms with E-state index < -0.39 is 0 Å². The average molecular weight is 268 g/mol. The second kappa shape index (κ2) is 10.7. The van der Waals surface area contributed by atoms with E-state index in [1.807, 2.05) is 0 Å². The van der Waals surface area contributed by atoms with E-state index in [1.54, 1.807) is 0 Å². The van der Waals surface area contributed by atoms with Gasteiger partial charge in [0.25, 0.3) is 0 Å². The van der Waals surface area contributed by atoms with Crippen molar-refractivity contribution in [3.63, 3.8) is 0 Å². The lowest BCUT2D eigenvalue weighted by Crippen LogP contribution is -2.37. The maximum atomic E-state index is 3.66. The minimum absolute atomic E-state index is 0.632. The molecule has 0 aromatic carbocycles. The molecule has 0 radical (unpaired) electrons. The molecule has 1 N–H and O–H groups in total. The van der Waals surface area contributed by atoms with Gasteiger partial charge in [-0.1, -0.05) is 65.7 Å². The molecule has 1 aliphatic rings. The number of likely N-dealkylation sites (tertiary alicyclic amines) is 1. The van der Waals surface area contributed by atoms with Gasteiger partial charge < -0.3 is 10.2 Å². The quantitative estimate of drug-likeness (QED) is 0.565. The van der Waals surface area contributed by atoms with Crippen molar-refractivity contribution in [2.75, 3.05) is 19.6 Å². The molecule has 114 valence electrons. The summed E-state index contributed by atoms with van der Waals surface area (Å²) in [5.74, 6) is 0. The summed E-state index contributed by atoms with van der Waals surface area (Å²) < 4.78 is 0. The van der Waals surface area contributed by atoms with E-state index in [0.29, 0.717) is 6.04 Å². The molecule has 0 amide bonds. The minimum Gasteiger partial charge on any atom is -0.310 e. The summed E-state index contributed by atoms with van der Waals surface area (Å²) in [6.07, 6.45) is 12.8. The van der Waals surface area contributed by atoms with Gasteiger partial charge in [0, 0.05) is 18.6 Å². The Morgan fingerprint density at radius 3 is 2.26 bits per heavy atom. The van der Waals surface area contributed by atoms with Crippen molar-refractivity contribution < 1.29 is 0 Å². The fourth-order valence-corrected chi connectivity index (χ4v) is 3.11. The van der Waals surface area contributed by atoms with Crippen LogP contribution in [0.25, 0.3) is 0 Å². The number of nitrogens with zero attached hydrogens (tertiary/aromatic N) is 1. The molecule has 0 aliphatic carbocycles. The molecule has 1 fully saturated rings. The fourth-order valence-electron chi connectivity index (χ4n) is 3.11. The van der Waals surface area contributed by atoms with Crippen LogP contribution in [-0.4, -0.2) is 36.6 Å². The number of rotatable bonds is 11. The Hall–Kier alpha value is -0.0800. The van der Waals surface area contributed by atoms with Gasteiger partial charge in [-0.2, -0.15) is 0 Å². The van der Waals surface area contributed by atoms with E-state index in [2.05, 4.69) is 31.0 Å². The average Bonchev–Trinajstić information content (AvgIpc) is 2.79. The van der Waals surface area contributed by atoms with Crippen LogP contribution in [0.3, 0.4) is 0 Å². The van der Waals surface area contributed by atoms with Crippen molar-refractivity contribution in [1.82, 2.24) is 10.2 Å². The van der Waals surface area contributed by atoms with Gasteiger partial charge in [-0.05, 0) is 25.9 Å². The zero-order chi connectivity index (χ0) is 13.9. The first-order chi connectivity index (χ1) is 9.22. The van der Waals surface area contributed by atoms with Crippen LogP contribution in [0.1, 0.15) is 78.6 Å². The molecule has 1 heterocycles. The first-order valence-corrected chi connectivity index (χ1v) is 8.70. The molecule has 1 saturated heterocycles. The zero-order valence-electron chi connectivity index (χ0n) is 13.6. The summed E-state index contributed by atoms with van der Waals surface area (Å²) in [6, 6.07) is 1.38. The van der Waals surface area contributed by atoms with Gasteiger partial charge in [0.15, 0.2) is 0 Å². The zero-order valence-corrected chi connectivity index (χ0v) is 13.6. The number of hydrogen-bond donors (Lipinski definition) is 1. The van der Waals surface area contributed by atoms with E-state index in [4.69, 9.17) is 0 Å². The Morgan fingerprint density at radius 1 is 1.00 bits per heavy atom. The van der Waals surface area contributed by atoms with Gasteiger partial charge in [-0.15, -0.1) is 0 Å². The molecule has 0 aromatic heterocycles. The molecule has 0 unspecified atom stereocenters. The summed E-state index contributed by atoms with van der Waals surface area (Å²) >= 11 is 0. The van der Waals surface area contributed by atoms with Crippen LogP contribution in [0.5, 0.6) is 0 Å². The van der Waals surface area contributed by atoms with Crippen LogP contribution in [0.4, 0.5) is 0 Å². The van der Waals surface area contributed by atoms with Crippen LogP contribution in [0.2, 0.25) is 0 Å². The molecule has 2 heteroatoms. The number of hydrogen-bond acceptors (Lipinski definition) is 2. The molecular formula is C17H36N2. The lowest BCUT2D eigenvalue weighted by Gasteiger charge is -2.18. The summed E-state index contributed by atoms with van der Waals surface area (Å²) in [4.78, 5) is 2.65. The van der Waals surface area contributed by atoms with E-state index in [9.17, 15) is 0 Å². The van der Waals surface area contributed by atoms with Crippen molar-refractivity contribution in [1.29, 1.82) is 0 Å². The molecular weight excluding hydrogens is 232 g/mol. The highest BCUT2D eigenvalue weighted by Gasteiger charge is 2.21. The van der Waals surface area contributed by atoms with Crippen LogP contribution >= 0.6 is 0 Å². The van der Waals surface area contributed by atoms with E-state index in [-0.39, 0.29) is 0 Å². The summed E-state index contributed by atoms with van der Waals surface area (Å²) in [5, 5.41) is 3.66. The predicted octanol–water partition coefficient (Wildman–Crippen LogP) is 4.20. The number of unbranched alkanes of at least 4 members (excludes halogenated alkanes) is 7. The molecule has 1 rings (SSSR count). The first kappa shape index (κ1) is 17.0. The minimum atomic E-state index is 0.632. The summed E-state index contributed by atoms with van der Waals surface area (Å²) in [6.45, 7) is 10.7. The van der Waals surface area contributed by atoms with Gasteiger partial charge in [-0.25, -0.2) is 0 Å². The van der Waals surface area contributed by atoms with Gasteiger partial charge >= 0.3 is 0 Å². The van der Waals surface area contributed by atoms with Gasteiger partial charge in [0.05, 0.1) is 0 Å². The molecule has 2 nitrogen and oxygen atoms in total. The predicted molar refractivity (Wildman–Crippen MR) is 85.7 cm³/mol. The van der Waals surface area contributed by atoms with Gasteiger partial charge in [0.2, 0.25) is 0 Å². The molecule has 0 spiro atoms. The lowest BCUT2D eigenvalue weighted by atomic mass is 10.1. The maximum Gasteiger partial charge on any atom is 0.0209 e. The van der Waals surface area contributed by atoms with Gasteiger partial charge in [-0.3, -0.25) is 0 Å². The monoisotopic (exact) mass is 268 g/mol. The molecule has 1 aliphatic heterocycles. The first-order valence-electron chi connectivity index (χ1n) is 8.70. The Bertz CT molecular complexity index is 203. The van der Waals surface area contributed by atoms with Crippen molar-refractivity contribution in [2.45, 2.75) is 90.6 Å². The Kier molecular flexibility index (Phi) is 9.54. The molecule has 19 heavy (non-hydrogen) atoms. The third kappa shape index (κ3) is 8.65. The van der Waals surface area contributed by atoms with Crippen LogP contribution < -0.4 is 5.32 Å². The molecule has 0 aromatic rings. The van der Waals surface area contributed by atoms with Gasteiger partial charge in [0.1, 0.15) is 0 Å². The number of nitrogens with one attached hydrogen (secondary N) is 1. The highest BCUT2D eigenvalue weighted by atomic mass is 15.2. The molecule has 0 bridgehead atoms. The maximum absolute atomic E-state index is 3.66. The highest BCUT2D eigenvalue weighted by molar-refractivity contribution is 4.81. The Balaban J connectivity index is 1.88. The highest BCUT2D eigenvalue weighted by Crippen LogP contribution is 2.13. The van der Waals surface area contributed by atoms with Crippen LogP contribution in [-0.2, 0) is 0 Å². The van der Waals surface area contributed by atoms with Crippen LogP contribution in [0.15, 0.2) is 0 Å². The lowest BCUT2D eigenvalue weighted by molar-refractivity contribution is 0.314. The Labute approximate surface area is 121 Å². The standard InChI is InChI=1S/C17H36N2/c1-4-5-6-7-8-9-10-11-13-19-14-12-17(15-19)18-16(2)3/h16-18H,4-15H2,1-3H3/t17-/m0/s1. The van der Waals surface area contributed by atoms with E-state index in [1.165, 1.54) is 77.4 Å². The van der Waals surface area contributed by atoms with Crippen molar-refractivity contribution in [2.24, 2.45) is 0 Å².